The summed E-state index contributed by atoms with van der Waals surface area (Å²) >= 11 is 0. The van der Waals surface area contributed by atoms with E-state index in [0.717, 1.165) is 70.1 Å². The number of hydrogen-bond donors (Lipinski definition) is 3. The molecule has 1 aromatic carbocycles. The van der Waals surface area contributed by atoms with E-state index in [1.165, 1.54) is 22.5 Å². The average Bonchev–Trinajstić information content (AvgIpc) is 3.82. The monoisotopic (exact) mass is 774 g/mol. The molecular weight excluding hydrogens is 726 g/mol. The van der Waals surface area contributed by atoms with Crippen LogP contribution in [0.1, 0.15) is 116 Å². The summed E-state index contributed by atoms with van der Waals surface area (Å²) in [6, 6.07) is 9.67. The van der Waals surface area contributed by atoms with Crippen LogP contribution in [0.4, 0.5) is 24.7 Å². The number of amides is 3. The normalized spacial score (nSPS) is 25.5. The number of aromatic nitrogens is 5. The third-order valence-corrected chi connectivity index (χ3v) is 12.3. The maximum atomic E-state index is 14.2. The fourth-order valence-electron chi connectivity index (χ4n) is 9.06. The highest BCUT2D eigenvalue weighted by Gasteiger charge is 2.31. The quantitative estimate of drug-likeness (QED) is 0.177. The van der Waals surface area contributed by atoms with E-state index in [0.29, 0.717) is 37.0 Å². The van der Waals surface area contributed by atoms with Gasteiger partial charge >= 0.3 is 0 Å². The van der Waals surface area contributed by atoms with Crippen LogP contribution in [0.25, 0.3) is 5.65 Å². The molecule has 4 N–H and O–H groups in total. The number of carbonyl (C=O) groups is 3. The third-order valence-electron chi connectivity index (χ3n) is 12.3. The topological polar surface area (TPSA) is 156 Å². The molecule has 3 saturated heterocycles. The molecule has 298 valence electrons. The van der Waals surface area contributed by atoms with Gasteiger partial charge in [-0.2, -0.15) is 10.2 Å². The molecule has 3 atom stereocenters. The van der Waals surface area contributed by atoms with Crippen molar-refractivity contribution in [3.05, 3.63) is 71.3 Å². The first-order valence-corrected chi connectivity index (χ1v) is 19.9. The summed E-state index contributed by atoms with van der Waals surface area (Å²) in [6.45, 7) is 3.66. The summed E-state index contributed by atoms with van der Waals surface area (Å²) in [6.07, 6.45) is 8.56. The molecule has 4 aliphatic rings. The molecule has 13 nitrogen and oxygen atoms in total. The van der Waals surface area contributed by atoms with E-state index in [-0.39, 0.29) is 59.7 Å². The van der Waals surface area contributed by atoms with Crippen LogP contribution in [0.15, 0.2) is 48.9 Å². The minimum absolute atomic E-state index is 0.0389. The third kappa shape index (κ3) is 8.31. The first-order valence-electron chi connectivity index (χ1n) is 19.9. The van der Waals surface area contributed by atoms with E-state index < -0.39 is 24.2 Å². The zero-order valence-electron chi connectivity index (χ0n) is 31.3. The maximum absolute atomic E-state index is 14.2. The Bertz CT molecular complexity index is 2030. The van der Waals surface area contributed by atoms with Crippen LogP contribution in [0.3, 0.4) is 0 Å². The molecule has 1 aliphatic carbocycles. The van der Waals surface area contributed by atoms with Gasteiger partial charge in [0.2, 0.25) is 11.8 Å². The molecule has 3 amide bonds. The number of anilines is 2. The minimum atomic E-state index is -2.88. The Morgan fingerprint density at radius 1 is 0.982 bits per heavy atom. The molecule has 4 fully saturated rings. The van der Waals surface area contributed by atoms with Crippen LogP contribution in [0, 0.1) is 5.92 Å². The second-order valence-corrected chi connectivity index (χ2v) is 16.0. The number of fused-ring (bicyclic) bond motifs is 1. The van der Waals surface area contributed by atoms with Crippen LogP contribution in [0.5, 0.6) is 0 Å². The number of likely N-dealkylation sites (tertiary alicyclic amines) is 1. The van der Waals surface area contributed by atoms with Crippen LogP contribution < -0.4 is 21.3 Å². The number of nitrogens with one attached hydrogen (secondary N) is 2. The molecule has 6 heterocycles. The number of halogens is 3. The average molecular weight is 775 g/mol. The second kappa shape index (κ2) is 16.3. The van der Waals surface area contributed by atoms with Crippen LogP contribution in [-0.2, 0) is 9.59 Å². The largest absolute Gasteiger partial charge is 0.352 e. The summed E-state index contributed by atoms with van der Waals surface area (Å²) in [5, 5.41) is 13.5. The summed E-state index contributed by atoms with van der Waals surface area (Å²) < 4.78 is 45.7. The Balaban J connectivity index is 0.818. The van der Waals surface area contributed by atoms with Crippen molar-refractivity contribution in [3.63, 3.8) is 0 Å². The summed E-state index contributed by atoms with van der Waals surface area (Å²) in [5.41, 5.74) is 8.09. The van der Waals surface area contributed by atoms with Crippen molar-refractivity contribution in [1.82, 2.24) is 34.6 Å². The number of imide groups is 1. The molecule has 0 radical (unpaired) electrons. The van der Waals surface area contributed by atoms with E-state index in [1.54, 1.807) is 21.8 Å². The number of nitrogens with zero attached hydrogens (tertiary/aromatic N) is 7. The molecule has 1 unspecified atom stereocenters. The highest BCUT2D eigenvalue weighted by Crippen LogP contribution is 2.37. The van der Waals surface area contributed by atoms with Gasteiger partial charge in [0.15, 0.2) is 11.3 Å². The van der Waals surface area contributed by atoms with Gasteiger partial charge in [0.1, 0.15) is 17.6 Å². The summed E-state index contributed by atoms with van der Waals surface area (Å²) in [7, 11) is 0. The van der Waals surface area contributed by atoms with E-state index in [4.69, 9.17) is 5.73 Å². The first kappa shape index (κ1) is 38.1. The van der Waals surface area contributed by atoms with E-state index >= 15 is 0 Å². The zero-order chi connectivity index (χ0) is 38.9. The molecule has 0 spiro atoms. The summed E-state index contributed by atoms with van der Waals surface area (Å²) in [5.74, 6) is 0.192. The highest BCUT2D eigenvalue weighted by molar-refractivity contribution is 6.08. The molecule has 8 rings (SSSR count). The van der Waals surface area contributed by atoms with Crippen LogP contribution in [0.2, 0.25) is 0 Å². The lowest BCUT2D eigenvalue weighted by Crippen LogP contribution is -2.48. The summed E-state index contributed by atoms with van der Waals surface area (Å²) in [4.78, 5) is 46.1. The van der Waals surface area contributed by atoms with Crippen molar-refractivity contribution in [2.24, 2.45) is 11.7 Å². The van der Waals surface area contributed by atoms with Gasteiger partial charge in [-0.3, -0.25) is 24.4 Å². The molecular formula is C40H49F3N10O3. The zero-order valence-corrected chi connectivity index (χ0v) is 31.3. The van der Waals surface area contributed by atoms with Gasteiger partial charge in [-0.1, -0.05) is 24.3 Å². The Hall–Kier alpha value is -4.83. The van der Waals surface area contributed by atoms with Gasteiger partial charge < -0.3 is 20.9 Å². The van der Waals surface area contributed by atoms with Gasteiger partial charge in [-0.25, -0.2) is 22.7 Å². The second-order valence-electron chi connectivity index (χ2n) is 16.0. The number of alkyl halides is 3. The standard InChI is InChI=1S/C40H49F3N10O3/c41-28-19-29(44)22-51(21-28)34-14-18-52-38(47-34)32(20-45-52)40(56)46-33-23-53(49-36(33)37(42)43)30-7-1-24(2-8-30)11-15-50-16-12-26(13-17-50)25-3-5-27(6-4-25)31-9-10-35(54)48-39(31)55/h3-6,14,18,20,23-24,26,28-31,37H,1-2,7-13,15-17,19,21-22,44H2,(H,46,56)(H,48,54,55)/t24?,28-,29-,30?,31?/m1/s1. The van der Waals surface area contributed by atoms with E-state index in [2.05, 4.69) is 42.8 Å². The first-order chi connectivity index (χ1) is 27.1. The number of rotatable bonds is 10. The maximum Gasteiger partial charge on any atom is 0.284 e. The fourth-order valence-corrected chi connectivity index (χ4v) is 9.06. The van der Waals surface area contributed by atoms with Gasteiger partial charge in [0.05, 0.1) is 30.4 Å². The highest BCUT2D eigenvalue weighted by atomic mass is 19.3. The number of piperidine rings is 3. The lowest BCUT2D eigenvalue weighted by Gasteiger charge is -2.34. The Labute approximate surface area is 323 Å². The smallest absolute Gasteiger partial charge is 0.284 e. The molecule has 16 heteroatoms. The van der Waals surface area contributed by atoms with Gasteiger partial charge in [0, 0.05) is 31.4 Å². The Morgan fingerprint density at radius 2 is 1.73 bits per heavy atom. The Kier molecular flexibility index (Phi) is 11.1. The van der Waals surface area contributed by atoms with Crippen molar-refractivity contribution < 1.29 is 27.6 Å². The molecule has 4 aromatic rings. The molecule has 0 bridgehead atoms. The molecule has 3 aromatic heterocycles. The van der Waals surface area contributed by atoms with Gasteiger partial charge in [-0.15, -0.1) is 0 Å². The van der Waals surface area contributed by atoms with Crippen molar-refractivity contribution in [1.29, 1.82) is 0 Å². The minimum Gasteiger partial charge on any atom is -0.352 e. The predicted octanol–water partition coefficient (Wildman–Crippen LogP) is 5.51. The number of carbonyl (C=O) groups excluding carboxylic acids is 3. The fraction of sp³-hybridized carbons (Fsp3) is 0.550. The van der Waals surface area contributed by atoms with E-state index in [1.807, 2.05) is 12.1 Å². The van der Waals surface area contributed by atoms with Crippen molar-refractivity contribution in [3.8, 4) is 0 Å². The van der Waals surface area contributed by atoms with Crippen molar-refractivity contribution in [2.45, 2.75) is 101 Å². The number of nitrogens with two attached hydrogens (primary N) is 1. The van der Waals surface area contributed by atoms with Crippen molar-refractivity contribution >= 4 is 34.9 Å². The number of hydrogen-bond acceptors (Lipinski definition) is 9. The van der Waals surface area contributed by atoms with Crippen LogP contribution >= 0.6 is 0 Å². The van der Waals surface area contributed by atoms with Gasteiger partial charge in [-0.05, 0) is 106 Å². The molecule has 3 aliphatic heterocycles. The van der Waals surface area contributed by atoms with Crippen LogP contribution in [-0.4, -0.2) is 91.9 Å². The SMILES string of the molecule is N[C@@H]1C[C@@H](F)CN(c2ccn3ncc(C(=O)Nc4cn(C5CCC(CCN6CCC(c7ccc(C8CCC(=O)NC8=O)cc7)CC6)CC5)nc4C(F)F)c3n2)C1. The lowest BCUT2D eigenvalue weighted by molar-refractivity contribution is -0.134. The Morgan fingerprint density at radius 3 is 2.45 bits per heavy atom. The van der Waals surface area contributed by atoms with Crippen molar-refractivity contribution in [2.75, 3.05) is 42.9 Å². The number of benzene rings is 1. The van der Waals surface area contributed by atoms with Gasteiger partial charge in [0.25, 0.3) is 12.3 Å². The molecule has 1 saturated carbocycles. The van der Waals surface area contributed by atoms with E-state index in [9.17, 15) is 27.6 Å². The predicted molar refractivity (Wildman–Crippen MR) is 203 cm³/mol. The molecule has 56 heavy (non-hydrogen) atoms. The lowest BCUT2D eigenvalue weighted by atomic mass is 9.83.